The maximum atomic E-state index is 14.4. The van der Waals surface area contributed by atoms with Gasteiger partial charge in [0.25, 0.3) is 11.8 Å². The predicted octanol–water partition coefficient (Wildman–Crippen LogP) is 3.69. The first-order valence-corrected chi connectivity index (χ1v) is 16.2. The Kier molecular flexibility index (Phi) is 10.9. The molecule has 2 bridgehead atoms. The molecule has 48 heavy (non-hydrogen) atoms. The second kappa shape index (κ2) is 15.3. The Morgan fingerprint density at radius 1 is 1.00 bits per heavy atom. The molecule has 4 N–H and O–H groups in total. The van der Waals surface area contributed by atoms with Gasteiger partial charge in [0, 0.05) is 41.5 Å². The van der Waals surface area contributed by atoms with Crippen LogP contribution in [0.3, 0.4) is 0 Å². The van der Waals surface area contributed by atoms with Crippen molar-refractivity contribution in [2.24, 2.45) is 0 Å². The first-order valence-electron chi connectivity index (χ1n) is 15.9. The number of aliphatic hydroxyl groups excluding tert-OH is 1. The van der Waals surface area contributed by atoms with Gasteiger partial charge in [-0.2, -0.15) is 5.10 Å². The van der Waals surface area contributed by atoms with Gasteiger partial charge in [0.05, 0.1) is 23.9 Å². The molecule has 0 spiro atoms. The van der Waals surface area contributed by atoms with Crippen LogP contribution in [-0.4, -0.2) is 81.2 Å². The highest BCUT2D eigenvalue weighted by Gasteiger charge is 2.30. The van der Waals surface area contributed by atoms with Crippen molar-refractivity contribution in [2.75, 3.05) is 19.6 Å². The summed E-state index contributed by atoms with van der Waals surface area (Å²) in [5.41, 5.74) is 4.31. The van der Waals surface area contributed by atoms with Gasteiger partial charge >= 0.3 is 0 Å². The lowest BCUT2D eigenvalue weighted by Crippen LogP contribution is -2.56. The molecule has 0 saturated heterocycles. The molecule has 0 saturated carbocycles. The summed E-state index contributed by atoms with van der Waals surface area (Å²) in [6, 6.07) is 19.6. The molecule has 3 atom stereocenters. The summed E-state index contributed by atoms with van der Waals surface area (Å²) < 4.78 is 1.61. The third kappa shape index (κ3) is 8.28. The summed E-state index contributed by atoms with van der Waals surface area (Å²) in [5.74, 6) is -1.95. The van der Waals surface area contributed by atoms with Crippen molar-refractivity contribution in [1.29, 1.82) is 0 Å². The Hall–Kier alpha value is -5.00. The molecule has 250 valence electrons. The third-order valence-corrected chi connectivity index (χ3v) is 8.45. The van der Waals surface area contributed by atoms with E-state index in [1.165, 1.54) is 11.8 Å². The lowest BCUT2D eigenvalue weighted by molar-refractivity contribution is -0.126. The highest BCUT2D eigenvalue weighted by Crippen LogP contribution is 2.27. The topological polar surface area (TPSA) is 146 Å². The summed E-state index contributed by atoms with van der Waals surface area (Å²) >= 11 is 6.15. The van der Waals surface area contributed by atoms with Crippen molar-refractivity contribution < 1.29 is 24.3 Å². The van der Waals surface area contributed by atoms with Crippen LogP contribution in [0.5, 0.6) is 0 Å². The average Bonchev–Trinajstić information content (AvgIpc) is 3.51. The van der Waals surface area contributed by atoms with Gasteiger partial charge in [-0.3, -0.25) is 19.2 Å². The van der Waals surface area contributed by atoms with Crippen LogP contribution in [0.1, 0.15) is 52.1 Å². The maximum Gasteiger partial charge on any atom is 0.258 e. The van der Waals surface area contributed by atoms with Crippen molar-refractivity contribution in [3.63, 3.8) is 0 Å². The molecule has 0 unspecified atom stereocenters. The van der Waals surface area contributed by atoms with Crippen molar-refractivity contribution in [3.8, 4) is 16.9 Å². The van der Waals surface area contributed by atoms with Crippen molar-refractivity contribution in [3.05, 3.63) is 106 Å². The smallest absolute Gasteiger partial charge is 0.258 e. The number of nitrogens with zero attached hydrogens (tertiary/aromatic N) is 3. The van der Waals surface area contributed by atoms with Crippen molar-refractivity contribution in [2.45, 2.75) is 51.8 Å². The van der Waals surface area contributed by atoms with Crippen molar-refractivity contribution in [1.82, 2.24) is 30.6 Å². The molecule has 4 amide bonds. The van der Waals surface area contributed by atoms with Gasteiger partial charge in [-0.1, -0.05) is 48.0 Å². The number of carbonyl (C=O) groups is 4. The van der Waals surface area contributed by atoms with E-state index in [0.29, 0.717) is 41.2 Å². The fraction of sp³-hybridized carbons (Fsp3) is 0.306. The predicted molar refractivity (Wildman–Crippen MR) is 183 cm³/mol. The SMILES string of the molecule is Cc1ccc2cc1CCCNC(=O)CN(C(=O)c1cn(-c3ccccc3)nc1-c1ccc(Cl)cc1)C[C@@H](C)NC(=O)[C@H]([C@@H](C)O)NC2=O. The molecular weight excluding hydrogens is 632 g/mol. The average molecular weight is 671 g/mol. The number of fused-ring (bicyclic) bond motifs is 2. The van der Waals surface area contributed by atoms with Gasteiger partial charge in [0.2, 0.25) is 11.8 Å². The van der Waals surface area contributed by atoms with Crippen LogP contribution >= 0.6 is 11.6 Å². The zero-order valence-electron chi connectivity index (χ0n) is 27.1. The summed E-state index contributed by atoms with van der Waals surface area (Å²) in [6.07, 6.45) is 1.61. The minimum Gasteiger partial charge on any atom is -0.391 e. The molecule has 1 aliphatic heterocycles. The van der Waals surface area contributed by atoms with E-state index in [0.717, 1.165) is 16.8 Å². The minimum atomic E-state index is -1.26. The summed E-state index contributed by atoms with van der Waals surface area (Å²) in [6.45, 7) is 5.07. The minimum absolute atomic E-state index is 0.0466. The zero-order chi connectivity index (χ0) is 34.4. The van der Waals surface area contributed by atoms with Crippen LogP contribution in [-0.2, 0) is 16.0 Å². The molecule has 5 rings (SSSR count). The second-order valence-electron chi connectivity index (χ2n) is 12.1. The van der Waals surface area contributed by atoms with Gasteiger partial charge in [0.15, 0.2) is 0 Å². The molecule has 0 radical (unpaired) electrons. The highest BCUT2D eigenvalue weighted by atomic mass is 35.5. The number of nitrogens with one attached hydrogen (secondary N) is 3. The van der Waals surface area contributed by atoms with E-state index in [1.54, 1.807) is 54.2 Å². The molecule has 2 heterocycles. The number of benzene rings is 3. The molecular formula is C36H39ClN6O5. The van der Waals surface area contributed by atoms with Crippen LogP contribution in [0.25, 0.3) is 16.9 Å². The normalized spacial score (nSPS) is 18.7. The summed E-state index contributed by atoms with van der Waals surface area (Å²) in [7, 11) is 0. The fourth-order valence-corrected chi connectivity index (χ4v) is 5.74. The molecule has 4 aromatic rings. The summed E-state index contributed by atoms with van der Waals surface area (Å²) in [4.78, 5) is 55.6. The van der Waals surface area contributed by atoms with E-state index in [2.05, 4.69) is 16.0 Å². The number of halogens is 1. The van der Waals surface area contributed by atoms with E-state index in [4.69, 9.17) is 16.7 Å². The van der Waals surface area contributed by atoms with Crippen LogP contribution < -0.4 is 16.0 Å². The number of amides is 4. The van der Waals surface area contributed by atoms with Gasteiger partial charge in [-0.05, 0) is 81.1 Å². The van der Waals surface area contributed by atoms with Crippen LogP contribution in [0.2, 0.25) is 5.02 Å². The lowest BCUT2D eigenvalue weighted by atomic mass is 10.00. The number of aryl methyl sites for hydroxylation is 2. The van der Waals surface area contributed by atoms with Crippen LogP contribution in [0, 0.1) is 6.92 Å². The zero-order valence-corrected chi connectivity index (χ0v) is 27.8. The summed E-state index contributed by atoms with van der Waals surface area (Å²) in [5, 5.41) is 24.1. The van der Waals surface area contributed by atoms with E-state index in [1.807, 2.05) is 43.3 Å². The van der Waals surface area contributed by atoms with E-state index >= 15 is 0 Å². The Morgan fingerprint density at radius 3 is 2.42 bits per heavy atom. The van der Waals surface area contributed by atoms with E-state index < -0.39 is 35.9 Å². The third-order valence-electron chi connectivity index (χ3n) is 8.20. The highest BCUT2D eigenvalue weighted by molar-refractivity contribution is 6.30. The Bertz CT molecular complexity index is 1790. The number of carbonyl (C=O) groups excluding carboxylic acids is 4. The van der Waals surface area contributed by atoms with Gasteiger partial charge in [-0.25, -0.2) is 4.68 Å². The lowest BCUT2D eigenvalue weighted by Gasteiger charge is -2.28. The van der Waals surface area contributed by atoms with Crippen molar-refractivity contribution >= 4 is 35.2 Å². The Labute approximate surface area is 284 Å². The van der Waals surface area contributed by atoms with Gasteiger partial charge in [0.1, 0.15) is 11.7 Å². The largest absolute Gasteiger partial charge is 0.391 e. The molecule has 0 aliphatic carbocycles. The van der Waals surface area contributed by atoms with Crippen LogP contribution in [0.15, 0.2) is 79.0 Å². The van der Waals surface area contributed by atoms with Crippen LogP contribution in [0.4, 0.5) is 0 Å². The molecule has 1 aliphatic rings. The van der Waals surface area contributed by atoms with Gasteiger partial charge in [-0.15, -0.1) is 0 Å². The molecule has 1 aromatic heterocycles. The molecule has 3 aromatic carbocycles. The number of aromatic nitrogens is 2. The van der Waals surface area contributed by atoms with E-state index in [-0.39, 0.29) is 24.6 Å². The Morgan fingerprint density at radius 2 is 1.71 bits per heavy atom. The number of hydrogen-bond donors (Lipinski definition) is 4. The maximum absolute atomic E-state index is 14.4. The number of aliphatic hydroxyl groups is 1. The molecule has 0 fully saturated rings. The molecule has 11 nitrogen and oxygen atoms in total. The fourth-order valence-electron chi connectivity index (χ4n) is 5.61. The monoisotopic (exact) mass is 670 g/mol. The Balaban J connectivity index is 1.48. The first-order chi connectivity index (χ1) is 23.0. The standard InChI is InChI=1S/C36H39ClN6O5/c1-22-11-12-27-18-26(22)8-7-17-38-31(45)21-42(19-23(2)39-35(47)32(24(3)44)40-34(27)46)36(48)30-20-43(29-9-5-4-6-10-29)41-33(30)25-13-15-28(37)16-14-25/h4-6,9-16,18,20,23-24,32,44H,7-8,17,19,21H2,1-3H3,(H,38,45)(H,39,47)(H,40,46)/t23-,24-,32+/m1/s1. The second-order valence-corrected chi connectivity index (χ2v) is 12.5. The van der Waals surface area contributed by atoms with Gasteiger partial charge < -0.3 is 26.0 Å². The number of hydrogen-bond acceptors (Lipinski definition) is 6. The first kappa shape index (κ1) is 34.3. The van der Waals surface area contributed by atoms with E-state index in [9.17, 15) is 24.3 Å². The molecule has 12 heteroatoms. The number of para-hydroxylation sites is 1. The number of rotatable bonds is 4. The quantitative estimate of drug-likeness (QED) is 0.261.